The molecule has 1 aliphatic rings. The Hall–Kier alpha value is -2.31. The van der Waals surface area contributed by atoms with Gasteiger partial charge in [0.1, 0.15) is 17.3 Å². The summed E-state index contributed by atoms with van der Waals surface area (Å²) in [6, 6.07) is 9.49. The molecule has 3 aromatic rings. The van der Waals surface area contributed by atoms with Gasteiger partial charge in [0.15, 0.2) is 0 Å². The molecule has 4 rings (SSSR count). The first-order valence-corrected chi connectivity index (χ1v) is 10.4. The van der Waals surface area contributed by atoms with Gasteiger partial charge >= 0.3 is 0 Å². The van der Waals surface area contributed by atoms with Gasteiger partial charge in [0, 0.05) is 34.7 Å². The van der Waals surface area contributed by atoms with E-state index in [9.17, 15) is 9.50 Å². The van der Waals surface area contributed by atoms with Crippen LogP contribution in [-0.4, -0.2) is 39.9 Å². The summed E-state index contributed by atoms with van der Waals surface area (Å²) in [5.41, 5.74) is 1.17. The van der Waals surface area contributed by atoms with E-state index in [2.05, 4.69) is 4.98 Å². The topological polar surface area (TPSA) is 39.3 Å². The molecule has 0 bridgehead atoms. The zero-order valence-electron chi connectivity index (χ0n) is 17.5. The van der Waals surface area contributed by atoms with Crippen LogP contribution in [0.4, 0.5) is 13.2 Å². The number of aromatic amines is 1. The van der Waals surface area contributed by atoms with Crippen molar-refractivity contribution in [2.75, 3.05) is 13.2 Å². The molecule has 3 unspecified atom stereocenters. The van der Waals surface area contributed by atoms with Crippen LogP contribution in [0.15, 0.2) is 36.4 Å². The fourth-order valence-corrected chi connectivity index (χ4v) is 4.60. The summed E-state index contributed by atoms with van der Waals surface area (Å²) in [7, 11) is 0. The van der Waals surface area contributed by atoms with Gasteiger partial charge in [-0.15, -0.1) is 0 Å². The van der Waals surface area contributed by atoms with Crippen molar-refractivity contribution in [2.45, 2.75) is 51.4 Å². The zero-order chi connectivity index (χ0) is 21.6. The van der Waals surface area contributed by atoms with Crippen molar-refractivity contribution >= 4 is 10.9 Å². The summed E-state index contributed by atoms with van der Waals surface area (Å²) in [5, 5.41) is 10.5. The van der Waals surface area contributed by atoms with E-state index in [1.54, 1.807) is 4.90 Å². The molecule has 30 heavy (non-hydrogen) atoms. The third kappa shape index (κ3) is 3.52. The first-order valence-electron chi connectivity index (χ1n) is 10.4. The lowest BCUT2D eigenvalue weighted by molar-refractivity contribution is 0.0162. The fraction of sp³-hybridized carbons (Fsp3) is 0.417. The van der Waals surface area contributed by atoms with Crippen LogP contribution < -0.4 is 0 Å². The number of aryl methyl sites for hydroxylation is 1. The highest BCUT2D eigenvalue weighted by atomic mass is 19.1. The molecule has 160 valence electrons. The van der Waals surface area contributed by atoms with E-state index in [0.717, 1.165) is 16.5 Å². The lowest BCUT2D eigenvalue weighted by atomic mass is 9.86. The normalized spacial score (nSPS) is 21.6. The third-order valence-corrected chi connectivity index (χ3v) is 6.18. The molecule has 2 N–H and O–H groups in total. The lowest BCUT2D eigenvalue weighted by Gasteiger charge is -2.43. The summed E-state index contributed by atoms with van der Waals surface area (Å²) in [5.74, 6) is -1.27. The minimum atomic E-state index is -1.90. The SMILES string of the molecule is CCc1cc(F)c(C2c3[nH]c4ccccc4c3CC(C)N2CC(C)(F)CO)c(F)c1. The number of nitrogens with one attached hydrogen (secondary N) is 1. The van der Waals surface area contributed by atoms with E-state index in [1.807, 2.05) is 38.1 Å². The molecule has 3 atom stereocenters. The van der Waals surface area contributed by atoms with Crippen molar-refractivity contribution in [1.82, 2.24) is 9.88 Å². The van der Waals surface area contributed by atoms with Gasteiger partial charge in [0.25, 0.3) is 0 Å². The molecule has 6 heteroatoms. The van der Waals surface area contributed by atoms with E-state index < -0.39 is 30.0 Å². The largest absolute Gasteiger partial charge is 0.393 e. The van der Waals surface area contributed by atoms with Crippen LogP contribution in [0.2, 0.25) is 0 Å². The van der Waals surface area contributed by atoms with Crippen molar-refractivity contribution in [3.8, 4) is 0 Å². The molecule has 2 aromatic carbocycles. The molecule has 0 aliphatic carbocycles. The van der Waals surface area contributed by atoms with Gasteiger partial charge in [0.2, 0.25) is 0 Å². The molecule has 0 radical (unpaired) electrons. The predicted octanol–water partition coefficient (Wildman–Crippen LogP) is 5.07. The molecule has 1 aliphatic heterocycles. The highest BCUT2D eigenvalue weighted by Gasteiger charge is 2.41. The van der Waals surface area contributed by atoms with Gasteiger partial charge in [-0.1, -0.05) is 25.1 Å². The summed E-state index contributed by atoms with van der Waals surface area (Å²) in [4.78, 5) is 5.11. The first kappa shape index (κ1) is 20.9. The van der Waals surface area contributed by atoms with Crippen LogP contribution in [0.5, 0.6) is 0 Å². The Labute approximate surface area is 174 Å². The number of fused-ring (bicyclic) bond motifs is 3. The Morgan fingerprint density at radius 3 is 2.50 bits per heavy atom. The van der Waals surface area contributed by atoms with Gasteiger partial charge in [-0.2, -0.15) is 0 Å². The molecular weight excluding hydrogens is 389 g/mol. The number of hydrogen-bond acceptors (Lipinski definition) is 2. The van der Waals surface area contributed by atoms with Crippen LogP contribution in [0.3, 0.4) is 0 Å². The van der Waals surface area contributed by atoms with E-state index >= 15 is 8.78 Å². The van der Waals surface area contributed by atoms with Crippen molar-refractivity contribution in [3.05, 3.63) is 70.4 Å². The summed E-state index contributed by atoms with van der Waals surface area (Å²) in [6.45, 7) is 4.28. The third-order valence-electron chi connectivity index (χ3n) is 6.18. The van der Waals surface area contributed by atoms with E-state index in [4.69, 9.17) is 0 Å². The molecule has 0 saturated carbocycles. The molecule has 2 heterocycles. The second-order valence-corrected chi connectivity index (χ2v) is 8.59. The highest BCUT2D eigenvalue weighted by molar-refractivity contribution is 5.85. The number of para-hydroxylation sites is 1. The number of aliphatic hydroxyl groups is 1. The van der Waals surface area contributed by atoms with Crippen molar-refractivity contribution < 1.29 is 18.3 Å². The van der Waals surface area contributed by atoms with Crippen LogP contribution >= 0.6 is 0 Å². The van der Waals surface area contributed by atoms with Crippen LogP contribution in [0, 0.1) is 11.6 Å². The molecule has 3 nitrogen and oxygen atoms in total. The van der Waals surface area contributed by atoms with Crippen LogP contribution in [-0.2, 0) is 12.8 Å². The molecule has 0 fully saturated rings. The van der Waals surface area contributed by atoms with Gasteiger partial charge in [0.05, 0.1) is 12.6 Å². The summed E-state index contributed by atoms with van der Waals surface area (Å²) >= 11 is 0. The average molecular weight is 416 g/mol. The fourth-order valence-electron chi connectivity index (χ4n) is 4.60. The van der Waals surface area contributed by atoms with Gasteiger partial charge < -0.3 is 10.1 Å². The lowest BCUT2D eigenvalue weighted by Crippen LogP contribution is -2.50. The maximum Gasteiger partial charge on any atom is 0.143 e. The number of rotatable bonds is 5. The monoisotopic (exact) mass is 416 g/mol. The molecule has 1 aromatic heterocycles. The van der Waals surface area contributed by atoms with Crippen molar-refractivity contribution in [3.63, 3.8) is 0 Å². The van der Waals surface area contributed by atoms with E-state index in [-0.39, 0.29) is 18.2 Å². The smallest absolute Gasteiger partial charge is 0.143 e. The predicted molar refractivity (Wildman–Crippen MR) is 112 cm³/mol. The van der Waals surface area contributed by atoms with Gasteiger partial charge in [-0.3, -0.25) is 4.90 Å². The first-order chi connectivity index (χ1) is 14.3. The van der Waals surface area contributed by atoms with E-state index in [1.165, 1.54) is 19.1 Å². The number of hydrogen-bond donors (Lipinski definition) is 2. The quantitative estimate of drug-likeness (QED) is 0.610. The Morgan fingerprint density at radius 1 is 1.20 bits per heavy atom. The van der Waals surface area contributed by atoms with Crippen molar-refractivity contribution in [2.24, 2.45) is 0 Å². The second kappa shape index (κ2) is 7.75. The van der Waals surface area contributed by atoms with Crippen LogP contribution in [0.1, 0.15) is 49.2 Å². The van der Waals surface area contributed by atoms with Gasteiger partial charge in [-0.05, 0) is 56.0 Å². The Bertz CT molecular complexity index is 1050. The minimum Gasteiger partial charge on any atom is -0.393 e. The average Bonchev–Trinajstić information content (AvgIpc) is 3.07. The van der Waals surface area contributed by atoms with Gasteiger partial charge in [-0.25, -0.2) is 13.2 Å². The maximum atomic E-state index is 15.2. The Kier molecular flexibility index (Phi) is 5.41. The zero-order valence-corrected chi connectivity index (χ0v) is 17.5. The summed E-state index contributed by atoms with van der Waals surface area (Å²) < 4.78 is 45.3. The Morgan fingerprint density at radius 2 is 1.87 bits per heavy atom. The van der Waals surface area contributed by atoms with E-state index in [0.29, 0.717) is 24.1 Å². The number of benzene rings is 2. The second-order valence-electron chi connectivity index (χ2n) is 8.59. The summed E-state index contributed by atoms with van der Waals surface area (Å²) in [6.07, 6.45) is 1.14. The molecular formula is C24H27F3N2O. The molecule has 0 spiro atoms. The number of aliphatic hydroxyl groups excluding tert-OH is 1. The highest BCUT2D eigenvalue weighted by Crippen LogP contribution is 2.43. The molecule has 0 amide bonds. The maximum absolute atomic E-state index is 15.2. The van der Waals surface area contributed by atoms with Crippen LogP contribution in [0.25, 0.3) is 10.9 Å². The minimum absolute atomic E-state index is 0.0831. The Balaban J connectivity index is 1.95. The number of aromatic nitrogens is 1. The number of alkyl halides is 1. The van der Waals surface area contributed by atoms with Crippen molar-refractivity contribution in [1.29, 1.82) is 0 Å². The molecule has 0 saturated heterocycles. The number of H-pyrrole nitrogens is 1. The number of nitrogens with zero attached hydrogens (tertiary/aromatic N) is 1. The standard InChI is InChI=1S/C24H27F3N2O/c1-4-15-10-18(25)21(19(26)11-15)23-22-17(16-7-5-6-8-20(16)28-22)9-14(2)29(23)12-24(3,27)13-30/h5-8,10-11,14,23,28,30H,4,9,12-13H2,1-3H3. The number of halogens is 3.